The SMILES string of the molecule is CCNC(=NCc1nc(C(C)OCC)no1)N1CCC(COCc2ccccc2)C1. The Kier molecular flexibility index (Phi) is 8.65. The number of hydrogen-bond acceptors (Lipinski definition) is 6. The fourth-order valence-corrected chi connectivity index (χ4v) is 3.47. The molecule has 0 spiro atoms. The molecule has 2 unspecified atom stereocenters. The van der Waals surface area contributed by atoms with Gasteiger partial charge >= 0.3 is 0 Å². The molecule has 2 heterocycles. The molecule has 0 amide bonds. The van der Waals surface area contributed by atoms with Crippen LogP contribution >= 0.6 is 0 Å². The number of rotatable bonds is 10. The van der Waals surface area contributed by atoms with Gasteiger partial charge in [0.05, 0.1) is 13.2 Å². The van der Waals surface area contributed by atoms with E-state index >= 15 is 0 Å². The van der Waals surface area contributed by atoms with Gasteiger partial charge in [-0.05, 0) is 32.8 Å². The summed E-state index contributed by atoms with van der Waals surface area (Å²) in [5.41, 5.74) is 1.21. The molecule has 164 valence electrons. The third-order valence-electron chi connectivity index (χ3n) is 5.01. The molecule has 1 aromatic carbocycles. The molecule has 3 rings (SSSR count). The molecule has 0 radical (unpaired) electrons. The van der Waals surface area contributed by atoms with Crippen molar-refractivity contribution in [1.29, 1.82) is 0 Å². The summed E-state index contributed by atoms with van der Waals surface area (Å²) in [6, 6.07) is 10.3. The Balaban J connectivity index is 1.49. The number of benzene rings is 1. The van der Waals surface area contributed by atoms with Crippen LogP contribution in [0.25, 0.3) is 0 Å². The Morgan fingerprint density at radius 1 is 1.33 bits per heavy atom. The third kappa shape index (κ3) is 6.53. The maximum absolute atomic E-state index is 5.93. The summed E-state index contributed by atoms with van der Waals surface area (Å²) >= 11 is 0. The second-order valence-corrected chi connectivity index (χ2v) is 7.42. The van der Waals surface area contributed by atoms with E-state index in [4.69, 9.17) is 19.0 Å². The van der Waals surface area contributed by atoms with Gasteiger partial charge in [0.1, 0.15) is 12.6 Å². The molecule has 1 aliphatic heterocycles. The van der Waals surface area contributed by atoms with Gasteiger partial charge in [0.2, 0.25) is 5.89 Å². The van der Waals surface area contributed by atoms with E-state index in [0.717, 1.165) is 38.6 Å². The topological polar surface area (TPSA) is 85.0 Å². The summed E-state index contributed by atoms with van der Waals surface area (Å²) in [5.74, 6) is 2.43. The van der Waals surface area contributed by atoms with Crippen LogP contribution in [-0.4, -0.2) is 53.8 Å². The Hall–Kier alpha value is -2.45. The summed E-state index contributed by atoms with van der Waals surface area (Å²) in [6.07, 6.45) is 0.912. The molecule has 30 heavy (non-hydrogen) atoms. The molecule has 8 heteroatoms. The lowest BCUT2D eigenvalue weighted by Crippen LogP contribution is -2.40. The second kappa shape index (κ2) is 11.7. The number of nitrogens with zero attached hydrogens (tertiary/aromatic N) is 4. The highest BCUT2D eigenvalue weighted by Crippen LogP contribution is 2.18. The van der Waals surface area contributed by atoms with Crippen molar-refractivity contribution < 1.29 is 14.0 Å². The monoisotopic (exact) mass is 415 g/mol. The van der Waals surface area contributed by atoms with E-state index < -0.39 is 0 Å². The van der Waals surface area contributed by atoms with Crippen LogP contribution in [0, 0.1) is 5.92 Å². The summed E-state index contributed by atoms with van der Waals surface area (Å²) in [4.78, 5) is 11.4. The lowest BCUT2D eigenvalue weighted by Gasteiger charge is -2.21. The van der Waals surface area contributed by atoms with Gasteiger partial charge in [0.25, 0.3) is 0 Å². The lowest BCUT2D eigenvalue weighted by molar-refractivity contribution is 0.0683. The Bertz CT molecular complexity index is 780. The molecule has 0 saturated carbocycles. The fraction of sp³-hybridized carbons (Fsp3) is 0.591. The Morgan fingerprint density at radius 2 is 2.17 bits per heavy atom. The van der Waals surface area contributed by atoms with Crippen molar-refractivity contribution >= 4 is 5.96 Å². The van der Waals surface area contributed by atoms with Crippen LogP contribution in [0.5, 0.6) is 0 Å². The van der Waals surface area contributed by atoms with Crippen LogP contribution in [0.4, 0.5) is 0 Å². The standard InChI is InChI=1S/C22H33N5O3/c1-4-23-22(24-13-20-25-21(26-30-20)17(3)29-5-2)27-12-11-19(14-27)16-28-15-18-9-7-6-8-10-18/h6-10,17,19H,4-5,11-16H2,1-3H3,(H,23,24). The second-order valence-electron chi connectivity index (χ2n) is 7.42. The minimum Gasteiger partial charge on any atom is -0.376 e. The van der Waals surface area contributed by atoms with E-state index in [1.165, 1.54) is 5.56 Å². The van der Waals surface area contributed by atoms with Gasteiger partial charge in [-0.25, -0.2) is 4.99 Å². The number of likely N-dealkylation sites (tertiary alicyclic amines) is 1. The fourth-order valence-electron chi connectivity index (χ4n) is 3.47. The van der Waals surface area contributed by atoms with E-state index in [0.29, 0.717) is 37.4 Å². The molecule has 8 nitrogen and oxygen atoms in total. The molecule has 0 bridgehead atoms. The van der Waals surface area contributed by atoms with Gasteiger partial charge in [0.15, 0.2) is 11.8 Å². The number of ether oxygens (including phenoxy) is 2. The van der Waals surface area contributed by atoms with E-state index in [-0.39, 0.29) is 6.10 Å². The van der Waals surface area contributed by atoms with Gasteiger partial charge in [-0.3, -0.25) is 0 Å². The molecular formula is C22H33N5O3. The normalized spacial score (nSPS) is 18.0. The van der Waals surface area contributed by atoms with E-state index in [2.05, 4.69) is 39.4 Å². The average molecular weight is 416 g/mol. The number of aromatic nitrogens is 2. The zero-order valence-corrected chi connectivity index (χ0v) is 18.2. The van der Waals surface area contributed by atoms with Gasteiger partial charge in [-0.1, -0.05) is 35.5 Å². The number of aliphatic imine (C=N–C) groups is 1. The van der Waals surface area contributed by atoms with Gasteiger partial charge in [-0.2, -0.15) is 4.98 Å². The van der Waals surface area contributed by atoms with E-state index in [1.807, 2.05) is 32.0 Å². The van der Waals surface area contributed by atoms with Crippen LogP contribution in [0.2, 0.25) is 0 Å². The maximum atomic E-state index is 5.93. The molecule has 1 aliphatic rings. The highest BCUT2D eigenvalue weighted by molar-refractivity contribution is 5.80. The third-order valence-corrected chi connectivity index (χ3v) is 5.01. The summed E-state index contributed by atoms with van der Waals surface area (Å²) in [7, 11) is 0. The summed E-state index contributed by atoms with van der Waals surface area (Å²) in [5, 5.41) is 7.36. The predicted octanol–water partition coefficient (Wildman–Crippen LogP) is 3.17. The van der Waals surface area contributed by atoms with Crippen molar-refractivity contribution in [3.05, 3.63) is 47.6 Å². The number of guanidine groups is 1. The molecule has 1 N–H and O–H groups in total. The average Bonchev–Trinajstić information content (AvgIpc) is 3.42. The van der Waals surface area contributed by atoms with Crippen LogP contribution in [-0.2, 0) is 22.6 Å². The Morgan fingerprint density at radius 3 is 2.93 bits per heavy atom. The first-order valence-electron chi connectivity index (χ1n) is 10.8. The summed E-state index contributed by atoms with van der Waals surface area (Å²) in [6.45, 7) is 11.0. The highest BCUT2D eigenvalue weighted by atomic mass is 16.5. The van der Waals surface area contributed by atoms with Crippen molar-refractivity contribution in [3.8, 4) is 0 Å². The molecule has 1 fully saturated rings. The first-order chi connectivity index (χ1) is 14.7. The molecule has 2 atom stereocenters. The minimum absolute atomic E-state index is 0.181. The van der Waals surface area contributed by atoms with Crippen molar-refractivity contribution in [1.82, 2.24) is 20.4 Å². The van der Waals surface area contributed by atoms with Gasteiger partial charge < -0.3 is 24.2 Å². The van der Waals surface area contributed by atoms with Crippen LogP contribution in [0.15, 0.2) is 39.8 Å². The lowest BCUT2D eigenvalue weighted by atomic mass is 10.1. The Labute approximate surface area is 178 Å². The molecule has 1 aromatic heterocycles. The van der Waals surface area contributed by atoms with Gasteiger partial charge in [-0.15, -0.1) is 0 Å². The number of nitrogens with one attached hydrogen (secondary N) is 1. The predicted molar refractivity (Wildman–Crippen MR) is 115 cm³/mol. The molecular weight excluding hydrogens is 382 g/mol. The van der Waals surface area contributed by atoms with E-state index in [1.54, 1.807) is 0 Å². The van der Waals surface area contributed by atoms with E-state index in [9.17, 15) is 0 Å². The quantitative estimate of drug-likeness (QED) is 0.471. The maximum Gasteiger partial charge on any atom is 0.248 e. The van der Waals surface area contributed by atoms with Crippen molar-refractivity contribution in [3.63, 3.8) is 0 Å². The smallest absolute Gasteiger partial charge is 0.248 e. The van der Waals surface area contributed by atoms with Gasteiger partial charge in [0, 0.05) is 32.2 Å². The first-order valence-corrected chi connectivity index (χ1v) is 10.8. The zero-order valence-electron chi connectivity index (χ0n) is 18.2. The zero-order chi connectivity index (χ0) is 21.2. The number of hydrogen-bond donors (Lipinski definition) is 1. The minimum atomic E-state index is -0.181. The van der Waals surface area contributed by atoms with Crippen molar-refractivity contribution in [2.45, 2.75) is 46.4 Å². The largest absolute Gasteiger partial charge is 0.376 e. The summed E-state index contributed by atoms with van der Waals surface area (Å²) < 4.78 is 16.8. The van der Waals surface area contributed by atoms with Crippen LogP contribution in [0.1, 0.15) is 50.6 Å². The van der Waals surface area contributed by atoms with Crippen LogP contribution in [0.3, 0.4) is 0 Å². The first kappa shape index (κ1) is 22.2. The van der Waals surface area contributed by atoms with Crippen LogP contribution < -0.4 is 5.32 Å². The van der Waals surface area contributed by atoms with Crippen molar-refractivity contribution in [2.24, 2.45) is 10.9 Å². The highest BCUT2D eigenvalue weighted by Gasteiger charge is 2.25. The molecule has 2 aromatic rings. The van der Waals surface area contributed by atoms with Crippen molar-refractivity contribution in [2.75, 3.05) is 32.8 Å². The molecule has 1 saturated heterocycles. The molecule has 0 aliphatic carbocycles.